The van der Waals surface area contributed by atoms with Crippen molar-refractivity contribution in [1.82, 2.24) is 4.67 Å². The summed E-state index contributed by atoms with van der Waals surface area (Å²) in [6.07, 6.45) is 2.79. The SMILES string of the molecule is N[C@H]1CCCN(P)[C@H]1Cc1cccc(Br)c1F. The van der Waals surface area contributed by atoms with Crippen molar-refractivity contribution >= 4 is 25.3 Å². The molecule has 1 aromatic carbocycles. The van der Waals surface area contributed by atoms with E-state index in [-0.39, 0.29) is 17.9 Å². The van der Waals surface area contributed by atoms with E-state index in [1.807, 2.05) is 12.1 Å². The highest BCUT2D eigenvalue weighted by Gasteiger charge is 2.27. The molecular formula is C12H17BrFN2P. The van der Waals surface area contributed by atoms with Crippen molar-refractivity contribution in [2.45, 2.75) is 31.3 Å². The number of hydrogen-bond donors (Lipinski definition) is 1. The van der Waals surface area contributed by atoms with Gasteiger partial charge in [0.25, 0.3) is 0 Å². The van der Waals surface area contributed by atoms with Crippen LogP contribution in [-0.2, 0) is 6.42 Å². The third-order valence-corrected chi connectivity index (χ3v) is 4.59. The van der Waals surface area contributed by atoms with E-state index in [0.717, 1.165) is 24.9 Å². The maximum absolute atomic E-state index is 13.9. The fraction of sp³-hybridized carbons (Fsp3) is 0.500. The van der Waals surface area contributed by atoms with E-state index in [0.29, 0.717) is 10.9 Å². The summed E-state index contributed by atoms with van der Waals surface area (Å²) >= 11 is 3.22. The number of nitrogens with two attached hydrogens (primary N) is 1. The van der Waals surface area contributed by atoms with Crippen LogP contribution in [0.4, 0.5) is 4.39 Å². The summed E-state index contributed by atoms with van der Waals surface area (Å²) < 4.78 is 16.6. The van der Waals surface area contributed by atoms with Gasteiger partial charge in [-0.15, -0.1) is 0 Å². The standard InChI is InChI=1S/C12H17BrFN2P/c13-9-4-1-3-8(12(9)14)7-11-10(15)5-2-6-16(11)17/h1,3-4,10-11H,2,5-7,15,17H2/t10-,11-/m0/s1. The Morgan fingerprint density at radius 2 is 2.29 bits per heavy atom. The molecule has 0 spiro atoms. The molecular weight excluding hydrogens is 302 g/mol. The molecule has 2 nitrogen and oxygen atoms in total. The van der Waals surface area contributed by atoms with Crippen molar-refractivity contribution in [2.24, 2.45) is 5.73 Å². The number of halogens is 2. The topological polar surface area (TPSA) is 29.3 Å². The van der Waals surface area contributed by atoms with Crippen LogP contribution < -0.4 is 5.73 Å². The molecule has 0 aliphatic carbocycles. The average molecular weight is 319 g/mol. The van der Waals surface area contributed by atoms with Crippen LogP contribution in [0.3, 0.4) is 0 Å². The number of nitrogens with zero attached hydrogens (tertiary/aromatic N) is 1. The van der Waals surface area contributed by atoms with Crippen molar-refractivity contribution < 1.29 is 4.39 Å². The molecule has 1 aromatic rings. The monoisotopic (exact) mass is 318 g/mol. The van der Waals surface area contributed by atoms with E-state index in [1.165, 1.54) is 0 Å². The fourth-order valence-electron chi connectivity index (χ4n) is 2.31. The predicted octanol–water partition coefficient (Wildman–Crippen LogP) is 2.71. The summed E-state index contributed by atoms with van der Waals surface area (Å²) in [7, 11) is 2.71. The van der Waals surface area contributed by atoms with Crippen LogP contribution in [0.15, 0.2) is 22.7 Å². The number of piperidine rings is 1. The molecule has 1 heterocycles. The van der Waals surface area contributed by atoms with Gasteiger partial charge in [-0.05, 0) is 46.8 Å². The second-order valence-corrected chi connectivity index (χ2v) is 6.05. The van der Waals surface area contributed by atoms with Gasteiger partial charge in [0.15, 0.2) is 0 Å². The van der Waals surface area contributed by atoms with Gasteiger partial charge in [0.05, 0.1) is 4.47 Å². The van der Waals surface area contributed by atoms with E-state index in [1.54, 1.807) is 6.07 Å². The number of rotatable bonds is 2. The summed E-state index contributed by atoms with van der Waals surface area (Å²) in [6.45, 7) is 1.01. The minimum Gasteiger partial charge on any atom is -0.326 e. The summed E-state index contributed by atoms with van der Waals surface area (Å²) in [5, 5.41) is 0. The number of benzene rings is 1. The molecule has 2 N–H and O–H groups in total. The van der Waals surface area contributed by atoms with Gasteiger partial charge in [0.1, 0.15) is 5.82 Å². The zero-order chi connectivity index (χ0) is 12.4. The summed E-state index contributed by atoms with van der Waals surface area (Å²) in [4.78, 5) is 0. The highest BCUT2D eigenvalue weighted by atomic mass is 79.9. The second kappa shape index (κ2) is 5.75. The first-order valence-electron chi connectivity index (χ1n) is 5.79. The van der Waals surface area contributed by atoms with Crippen LogP contribution in [0.2, 0.25) is 0 Å². The van der Waals surface area contributed by atoms with E-state index in [2.05, 4.69) is 30.0 Å². The Morgan fingerprint density at radius 3 is 3.00 bits per heavy atom. The fourth-order valence-corrected chi connectivity index (χ4v) is 3.23. The van der Waals surface area contributed by atoms with Gasteiger partial charge in [0.2, 0.25) is 0 Å². The molecule has 0 saturated carbocycles. The lowest BCUT2D eigenvalue weighted by molar-refractivity contribution is 0.236. The Hall–Kier alpha value is -0.0200. The van der Waals surface area contributed by atoms with E-state index < -0.39 is 0 Å². The van der Waals surface area contributed by atoms with Gasteiger partial charge in [0, 0.05) is 18.6 Å². The second-order valence-electron chi connectivity index (χ2n) is 4.53. The Labute approximate surface area is 112 Å². The van der Waals surface area contributed by atoms with Crippen LogP contribution in [0.5, 0.6) is 0 Å². The van der Waals surface area contributed by atoms with Gasteiger partial charge in [-0.2, -0.15) is 0 Å². The lowest BCUT2D eigenvalue weighted by Crippen LogP contribution is -2.49. The molecule has 5 heteroatoms. The molecule has 1 fully saturated rings. The zero-order valence-corrected chi connectivity index (χ0v) is 12.3. The first-order valence-corrected chi connectivity index (χ1v) is 7.10. The molecule has 0 radical (unpaired) electrons. The van der Waals surface area contributed by atoms with Gasteiger partial charge in [-0.25, -0.2) is 4.39 Å². The van der Waals surface area contributed by atoms with Crippen molar-refractivity contribution in [2.75, 3.05) is 6.54 Å². The van der Waals surface area contributed by atoms with Crippen molar-refractivity contribution in [1.29, 1.82) is 0 Å². The van der Waals surface area contributed by atoms with E-state index >= 15 is 0 Å². The van der Waals surface area contributed by atoms with Crippen LogP contribution in [0.25, 0.3) is 0 Å². The first-order chi connectivity index (χ1) is 8.09. The minimum atomic E-state index is -0.163. The summed E-state index contributed by atoms with van der Waals surface area (Å²) in [5.74, 6) is -0.163. The van der Waals surface area contributed by atoms with Crippen LogP contribution in [-0.4, -0.2) is 23.3 Å². The maximum atomic E-state index is 13.9. The highest BCUT2D eigenvalue weighted by Crippen LogP contribution is 2.26. The minimum absolute atomic E-state index is 0.125. The molecule has 0 amide bonds. The van der Waals surface area contributed by atoms with Crippen LogP contribution in [0.1, 0.15) is 18.4 Å². The Bertz CT molecular complexity index is 392. The molecule has 17 heavy (non-hydrogen) atoms. The summed E-state index contributed by atoms with van der Waals surface area (Å²) in [6, 6.07) is 5.75. The first kappa shape index (κ1) is 13.4. The quantitative estimate of drug-likeness (QED) is 0.850. The predicted molar refractivity (Wildman–Crippen MR) is 75.2 cm³/mol. The molecule has 1 aliphatic rings. The van der Waals surface area contributed by atoms with Gasteiger partial charge in [-0.3, -0.25) is 4.67 Å². The molecule has 2 rings (SSSR count). The van der Waals surface area contributed by atoms with Crippen molar-refractivity contribution in [3.63, 3.8) is 0 Å². The molecule has 94 valence electrons. The van der Waals surface area contributed by atoms with Crippen LogP contribution >= 0.6 is 25.3 Å². The van der Waals surface area contributed by atoms with Crippen LogP contribution in [0, 0.1) is 5.82 Å². The summed E-state index contributed by atoms with van der Waals surface area (Å²) in [5.41, 5.74) is 6.85. The number of hydrogen-bond acceptors (Lipinski definition) is 2. The third kappa shape index (κ3) is 3.05. The smallest absolute Gasteiger partial charge is 0.140 e. The van der Waals surface area contributed by atoms with Gasteiger partial charge >= 0.3 is 0 Å². The molecule has 1 aliphatic heterocycles. The largest absolute Gasteiger partial charge is 0.326 e. The van der Waals surface area contributed by atoms with E-state index in [4.69, 9.17) is 5.73 Å². The Kier molecular flexibility index (Phi) is 4.53. The Balaban J connectivity index is 2.16. The van der Waals surface area contributed by atoms with Gasteiger partial charge in [-0.1, -0.05) is 21.5 Å². The van der Waals surface area contributed by atoms with Crippen molar-refractivity contribution in [3.05, 3.63) is 34.1 Å². The third-order valence-electron chi connectivity index (χ3n) is 3.33. The molecule has 1 saturated heterocycles. The average Bonchev–Trinajstić information content (AvgIpc) is 2.29. The van der Waals surface area contributed by atoms with Crippen molar-refractivity contribution in [3.8, 4) is 0 Å². The van der Waals surface area contributed by atoms with E-state index in [9.17, 15) is 4.39 Å². The normalized spacial score (nSPS) is 26.1. The molecule has 3 atom stereocenters. The zero-order valence-electron chi connectivity index (χ0n) is 9.57. The lowest BCUT2D eigenvalue weighted by Gasteiger charge is -2.37. The molecule has 1 unspecified atom stereocenters. The molecule has 0 bridgehead atoms. The Morgan fingerprint density at radius 1 is 1.53 bits per heavy atom. The van der Waals surface area contributed by atoms with Gasteiger partial charge < -0.3 is 5.73 Å². The maximum Gasteiger partial charge on any atom is 0.140 e. The highest BCUT2D eigenvalue weighted by molar-refractivity contribution is 9.10. The lowest BCUT2D eigenvalue weighted by atomic mass is 9.93. The molecule has 0 aromatic heterocycles.